The van der Waals surface area contributed by atoms with Gasteiger partial charge in [0.1, 0.15) is 5.39 Å². The second-order valence-electron chi connectivity index (χ2n) is 8.38. The first kappa shape index (κ1) is 22.4. The average Bonchev–Trinajstić information content (AvgIpc) is 3.18. The van der Waals surface area contributed by atoms with Gasteiger partial charge in [0.05, 0.1) is 28.8 Å². The quantitative estimate of drug-likeness (QED) is 0.413. The zero-order chi connectivity index (χ0) is 23.8. The molecule has 0 atom stereocenters. The lowest BCUT2D eigenvalue weighted by Gasteiger charge is -2.20. The molecule has 10 nitrogen and oxygen atoms in total. The Balaban J connectivity index is 1.61. The summed E-state index contributed by atoms with van der Waals surface area (Å²) in [5, 5.41) is 7.38. The molecule has 0 spiro atoms. The SMILES string of the molecule is CC(C)(C)NS(=O)(=O)c1ccc(C(=O)Nc2ccccc2-n2ncc3c(=O)[nH]cnc32)cc1. The number of rotatable bonds is 5. The largest absolute Gasteiger partial charge is 0.320 e. The Morgan fingerprint density at radius 3 is 2.45 bits per heavy atom. The van der Waals surface area contributed by atoms with Crippen molar-refractivity contribution in [1.29, 1.82) is 0 Å². The first-order valence-electron chi connectivity index (χ1n) is 10.0. The zero-order valence-electron chi connectivity index (χ0n) is 18.2. The van der Waals surface area contributed by atoms with E-state index in [0.717, 1.165) is 0 Å². The zero-order valence-corrected chi connectivity index (χ0v) is 19.0. The normalized spacial score (nSPS) is 12.1. The molecule has 4 rings (SSSR count). The highest BCUT2D eigenvalue weighted by molar-refractivity contribution is 7.89. The molecule has 0 fully saturated rings. The minimum atomic E-state index is -3.71. The number of H-pyrrole nitrogens is 1. The summed E-state index contributed by atoms with van der Waals surface area (Å²) in [6, 6.07) is 12.6. The molecule has 0 unspecified atom stereocenters. The van der Waals surface area contributed by atoms with Crippen LogP contribution in [0, 0.1) is 0 Å². The van der Waals surface area contributed by atoms with E-state index in [-0.39, 0.29) is 16.0 Å². The van der Waals surface area contributed by atoms with Gasteiger partial charge < -0.3 is 10.3 Å². The summed E-state index contributed by atoms with van der Waals surface area (Å²) >= 11 is 0. The van der Waals surface area contributed by atoms with Gasteiger partial charge in [-0.3, -0.25) is 9.59 Å². The Hall–Kier alpha value is -3.83. The smallest absolute Gasteiger partial charge is 0.261 e. The van der Waals surface area contributed by atoms with Gasteiger partial charge in [-0.15, -0.1) is 0 Å². The predicted molar refractivity (Wildman–Crippen MR) is 124 cm³/mol. The molecule has 0 aliphatic heterocycles. The number of sulfonamides is 1. The first-order chi connectivity index (χ1) is 15.5. The van der Waals surface area contributed by atoms with Crippen LogP contribution in [-0.2, 0) is 10.0 Å². The highest BCUT2D eigenvalue weighted by Gasteiger charge is 2.22. The molecule has 2 aromatic carbocycles. The molecule has 0 aliphatic rings. The lowest BCUT2D eigenvalue weighted by molar-refractivity contribution is 0.102. The van der Waals surface area contributed by atoms with Crippen LogP contribution >= 0.6 is 0 Å². The molecule has 3 N–H and O–H groups in total. The van der Waals surface area contributed by atoms with E-state index in [9.17, 15) is 18.0 Å². The number of anilines is 1. The summed E-state index contributed by atoms with van der Waals surface area (Å²) in [5.41, 5.74) is 0.646. The van der Waals surface area contributed by atoms with Gasteiger partial charge in [0, 0.05) is 11.1 Å². The van der Waals surface area contributed by atoms with Gasteiger partial charge in [-0.1, -0.05) is 12.1 Å². The summed E-state index contributed by atoms with van der Waals surface area (Å²) in [5.74, 6) is -0.433. The van der Waals surface area contributed by atoms with Crippen molar-refractivity contribution in [3.8, 4) is 5.69 Å². The maximum atomic E-state index is 12.9. The molecule has 1 amide bonds. The number of hydrogen-bond donors (Lipinski definition) is 3. The summed E-state index contributed by atoms with van der Waals surface area (Å²) < 4.78 is 29.0. The second kappa shape index (κ2) is 8.26. The van der Waals surface area contributed by atoms with E-state index in [4.69, 9.17) is 0 Å². The maximum Gasteiger partial charge on any atom is 0.261 e. The van der Waals surface area contributed by atoms with Gasteiger partial charge in [0.2, 0.25) is 10.0 Å². The van der Waals surface area contributed by atoms with Crippen molar-refractivity contribution in [2.24, 2.45) is 0 Å². The number of benzene rings is 2. The van der Waals surface area contributed by atoms with Gasteiger partial charge in [-0.05, 0) is 57.2 Å². The highest BCUT2D eigenvalue weighted by Crippen LogP contribution is 2.23. The van der Waals surface area contributed by atoms with Crippen LogP contribution < -0.4 is 15.6 Å². The average molecular weight is 467 g/mol. The third-order valence-electron chi connectivity index (χ3n) is 4.62. The number of carbonyl (C=O) groups is 1. The number of amides is 1. The van der Waals surface area contributed by atoms with E-state index in [0.29, 0.717) is 22.4 Å². The fourth-order valence-electron chi connectivity index (χ4n) is 3.24. The molecule has 33 heavy (non-hydrogen) atoms. The number of carbonyl (C=O) groups excluding carboxylic acids is 1. The molecule has 0 radical (unpaired) electrons. The van der Waals surface area contributed by atoms with Crippen molar-refractivity contribution in [1.82, 2.24) is 24.5 Å². The van der Waals surface area contributed by atoms with Gasteiger partial charge in [0.15, 0.2) is 5.65 Å². The van der Waals surface area contributed by atoms with Crippen LogP contribution in [0.15, 0.2) is 70.7 Å². The highest BCUT2D eigenvalue weighted by atomic mass is 32.2. The third kappa shape index (κ3) is 4.69. The molecular formula is C22H22N6O4S. The number of nitrogens with one attached hydrogen (secondary N) is 3. The van der Waals surface area contributed by atoms with Crippen LogP contribution in [0.25, 0.3) is 16.7 Å². The lowest BCUT2D eigenvalue weighted by atomic mass is 10.1. The Kier molecular flexibility index (Phi) is 5.60. The molecule has 11 heteroatoms. The van der Waals surface area contributed by atoms with E-state index in [1.165, 1.54) is 41.5 Å². The van der Waals surface area contributed by atoms with Crippen LogP contribution in [0.3, 0.4) is 0 Å². The van der Waals surface area contributed by atoms with Crippen molar-refractivity contribution in [2.45, 2.75) is 31.2 Å². The minimum absolute atomic E-state index is 0.0636. The molecule has 0 saturated carbocycles. The van der Waals surface area contributed by atoms with Crippen molar-refractivity contribution in [2.75, 3.05) is 5.32 Å². The number of aromatic amines is 1. The van der Waals surface area contributed by atoms with Crippen LogP contribution in [-0.4, -0.2) is 39.6 Å². The van der Waals surface area contributed by atoms with Crippen LogP contribution in [0.2, 0.25) is 0 Å². The van der Waals surface area contributed by atoms with Crippen LogP contribution in [0.1, 0.15) is 31.1 Å². The number of hydrogen-bond acceptors (Lipinski definition) is 6. The first-order valence-corrected chi connectivity index (χ1v) is 11.5. The summed E-state index contributed by atoms with van der Waals surface area (Å²) in [6.45, 7) is 5.24. The van der Waals surface area contributed by atoms with E-state index in [2.05, 4.69) is 25.1 Å². The minimum Gasteiger partial charge on any atom is -0.320 e. The topological polar surface area (TPSA) is 139 Å². The van der Waals surface area contributed by atoms with Gasteiger partial charge in [-0.2, -0.15) is 5.10 Å². The Labute approximate surface area is 189 Å². The molecule has 0 aliphatic carbocycles. The fraction of sp³-hybridized carbons (Fsp3) is 0.182. The number of aromatic nitrogens is 4. The monoisotopic (exact) mass is 466 g/mol. The van der Waals surface area contributed by atoms with Gasteiger partial charge in [-0.25, -0.2) is 22.8 Å². The summed E-state index contributed by atoms with van der Waals surface area (Å²) in [4.78, 5) is 31.6. The molecule has 170 valence electrons. The number of para-hydroxylation sites is 2. The third-order valence-corrected chi connectivity index (χ3v) is 6.39. The Morgan fingerprint density at radius 2 is 1.76 bits per heavy atom. The Morgan fingerprint density at radius 1 is 1.06 bits per heavy atom. The second-order valence-corrected chi connectivity index (χ2v) is 10.1. The Bertz CT molecular complexity index is 1500. The van der Waals surface area contributed by atoms with E-state index >= 15 is 0 Å². The molecule has 4 aromatic rings. The molecular weight excluding hydrogens is 444 g/mol. The van der Waals surface area contributed by atoms with E-state index < -0.39 is 21.5 Å². The standard InChI is InChI=1S/C22H22N6O4S/c1-22(2,3)27-33(31,32)15-10-8-14(9-11-15)20(29)26-17-6-4-5-7-18(17)28-19-16(12-25-28)21(30)24-13-23-19/h4-13,27H,1-3H3,(H,26,29)(H,23,24,30). The van der Waals surface area contributed by atoms with Crippen molar-refractivity contribution >= 4 is 32.7 Å². The van der Waals surface area contributed by atoms with E-state index in [1.54, 1.807) is 45.0 Å². The van der Waals surface area contributed by atoms with Crippen molar-refractivity contribution < 1.29 is 13.2 Å². The van der Waals surface area contributed by atoms with Crippen LogP contribution in [0.5, 0.6) is 0 Å². The van der Waals surface area contributed by atoms with Crippen molar-refractivity contribution in [3.05, 3.63) is 77.0 Å². The van der Waals surface area contributed by atoms with E-state index in [1.807, 2.05) is 0 Å². The molecule has 2 aromatic heterocycles. The molecule has 2 heterocycles. The van der Waals surface area contributed by atoms with Gasteiger partial charge in [0.25, 0.3) is 11.5 Å². The van der Waals surface area contributed by atoms with Crippen molar-refractivity contribution in [3.63, 3.8) is 0 Å². The maximum absolute atomic E-state index is 12.9. The summed E-state index contributed by atoms with van der Waals surface area (Å²) in [6.07, 6.45) is 2.69. The predicted octanol–water partition coefficient (Wildman–Crippen LogP) is 2.44. The molecule has 0 saturated heterocycles. The summed E-state index contributed by atoms with van der Waals surface area (Å²) in [7, 11) is -3.71. The van der Waals surface area contributed by atoms with Crippen LogP contribution in [0.4, 0.5) is 5.69 Å². The lowest BCUT2D eigenvalue weighted by Crippen LogP contribution is -2.40. The molecule has 0 bridgehead atoms. The fourth-order valence-corrected chi connectivity index (χ4v) is 4.66. The number of nitrogens with zero attached hydrogens (tertiary/aromatic N) is 3. The number of fused-ring (bicyclic) bond motifs is 1. The van der Waals surface area contributed by atoms with Gasteiger partial charge >= 0.3 is 0 Å².